The first kappa shape index (κ1) is 23.2. The average Bonchev–Trinajstić information content (AvgIpc) is 3.32. The SMILES string of the molecule is CN1CCC(Nc2cccc3[nH]c(C#CCNc4ccc(SNc5ccccn5)cc4)cc23)CC1. The maximum atomic E-state index is 4.27. The van der Waals surface area contributed by atoms with Gasteiger partial charge in [-0.3, -0.25) is 0 Å². The quantitative estimate of drug-likeness (QED) is 0.202. The Kier molecular flexibility index (Phi) is 7.42. The number of H-pyrrole nitrogens is 1. The average molecular weight is 483 g/mol. The highest BCUT2D eigenvalue weighted by molar-refractivity contribution is 8.00. The van der Waals surface area contributed by atoms with E-state index in [1.807, 2.05) is 18.2 Å². The summed E-state index contributed by atoms with van der Waals surface area (Å²) in [5, 5.41) is 8.33. The van der Waals surface area contributed by atoms with Crippen LogP contribution < -0.4 is 15.4 Å². The van der Waals surface area contributed by atoms with Gasteiger partial charge in [0.2, 0.25) is 0 Å². The molecule has 0 aliphatic carbocycles. The molecule has 0 saturated carbocycles. The maximum Gasteiger partial charge on any atom is 0.136 e. The third-order valence-corrected chi connectivity index (χ3v) is 6.96. The molecule has 4 aromatic rings. The predicted octanol–water partition coefficient (Wildman–Crippen LogP) is 5.65. The molecule has 0 atom stereocenters. The summed E-state index contributed by atoms with van der Waals surface area (Å²) in [6.07, 6.45) is 4.13. The molecule has 6 nitrogen and oxygen atoms in total. The van der Waals surface area contributed by atoms with E-state index in [9.17, 15) is 0 Å². The number of fused-ring (bicyclic) bond motifs is 1. The van der Waals surface area contributed by atoms with Crippen LogP contribution in [0.3, 0.4) is 0 Å². The molecule has 4 N–H and O–H groups in total. The van der Waals surface area contributed by atoms with Crippen molar-refractivity contribution in [1.29, 1.82) is 0 Å². The van der Waals surface area contributed by atoms with Gasteiger partial charge in [-0.05, 0) is 105 Å². The Bertz CT molecular complexity index is 1300. The zero-order valence-corrected chi connectivity index (χ0v) is 20.7. The Labute approximate surface area is 211 Å². The number of anilines is 3. The van der Waals surface area contributed by atoms with Crippen LogP contribution in [0.25, 0.3) is 10.9 Å². The Morgan fingerprint density at radius 2 is 1.91 bits per heavy atom. The summed E-state index contributed by atoms with van der Waals surface area (Å²) >= 11 is 1.54. The monoisotopic (exact) mass is 482 g/mol. The number of likely N-dealkylation sites (tertiary alicyclic amines) is 1. The fourth-order valence-corrected chi connectivity index (χ4v) is 4.80. The van der Waals surface area contributed by atoms with Gasteiger partial charge in [-0.15, -0.1) is 0 Å². The molecule has 7 heteroatoms. The molecule has 0 unspecified atom stereocenters. The lowest BCUT2D eigenvalue weighted by atomic mass is 10.0. The number of nitrogens with one attached hydrogen (secondary N) is 4. The highest BCUT2D eigenvalue weighted by Gasteiger charge is 2.17. The predicted molar refractivity (Wildman–Crippen MR) is 148 cm³/mol. The molecule has 2 aromatic heterocycles. The van der Waals surface area contributed by atoms with Crippen LogP contribution in [-0.4, -0.2) is 47.6 Å². The second-order valence-electron chi connectivity index (χ2n) is 8.77. The smallest absolute Gasteiger partial charge is 0.136 e. The highest BCUT2D eigenvalue weighted by atomic mass is 32.2. The zero-order valence-electron chi connectivity index (χ0n) is 19.8. The van der Waals surface area contributed by atoms with E-state index < -0.39 is 0 Å². The molecule has 1 aliphatic heterocycles. The molecular formula is C28H30N6S. The van der Waals surface area contributed by atoms with Gasteiger partial charge in [0, 0.05) is 39.4 Å². The molecule has 3 heterocycles. The van der Waals surface area contributed by atoms with Crippen LogP contribution in [0.15, 0.2) is 77.8 Å². The summed E-state index contributed by atoms with van der Waals surface area (Å²) in [5.41, 5.74) is 4.29. The number of pyridine rings is 1. The van der Waals surface area contributed by atoms with E-state index in [4.69, 9.17) is 0 Å². The minimum absolute atomic E-state index is 0.529. The van der Waals surface area contributed by atoms with E-state index in [1.165, 1.54) is 23.9 Å². The van der Waals surface area contributed by atoms with Crippen LogP contribution in [0, 0.1) is 11.8 Å². The Morgan fingerprint density at radius 1 is 1.06 bits per heavy atom. The number of aromatic nitrogens is 2. The normalized spacial score (nSPS) is 14.3. The highest BCUT2D eigenvalue weighted by Crippen LogP contribution is 2.26. The van der Waals surface area contributed by atoms with Crippen molar-refractivity contribution in [2.75, 3.05) is 42.0 Å². The molecule has 2 aromatic carbocycles. The van der Waals surface area contributed by atoms with Crippen LogP contribution in [-0.2, 0) is 0 Å². The topological polar surface area (TPSA) is 68.0 Å². The molecule has 1 aliphatic rings. The number of rotatable bonds is 7. The standard InChI is InChI=1S/C28H30N6S/c1-34-18-14-22(15-19-34)31-26-7-4-8-27-25(26)20-23(32-27)6-5-17-29-21-10-12-24(13-11-21)35-33-28-9-2-3-16-30-28/h2-4,7-13,16,20,22,29,31-32H,14-15,17-19H2,1H3,(H,30,33). The van der Waals surface area contributed by atoms with Crippen molar-refractivity contribution in [3.63, 3.8) is 0 Å². The molecule has 35 heavy (non-hydrogen) atoms. The van der Waals surface area contributed by atoms with Gasteiger partial charge in [0.25, 0.3) is 0 Å². The van der Waals surface area contributed by atoms with E-state index >= 15 is 0 Å². The van der Waals surface area contributed by atoms with Crippen molar-refractivity contribution in [3.8, 4) is 11.8 Å². The second kappa shape index (κ2) is 11.2. The van der Waals surface area contributed by atoms with Gasteiger partial charge in [0.05, 0.1) is 12.2 Å². The fourth-order valence-electron chi connectivity index (χ4n) is 4.18. The van der Waals surface area contributed by atoms with Crippen molar-refractivity contribution in [3.05, 3.63) is 78.6 Å². The molecule has 0 radical (unpaired) electrons. The summed E-state index contributed by atoms with van der Waals surface area (Å²) in [6.45, 7) is 2.87. The van der Waals surface area contributed by atoms with Crippen LogP contribution in [0.2, 0.25) is 0 Å². The van der Waals surface area contributed by atoms with E-state index in [0.29, 0.717) is 12.6 Å². The van der Waals surface area contributed by atoms with Gasteiger partial charge in [-0.25, -0.2) is 4.98 Å². The minimum Gasteiger partial charge on any atom is -0.382 e. The van der Waals surface area contributed by atoms with Gasteiger partial charge >= 0.3 is 0 Å². The van der Waals surface area contributed by atoms with Crippen molar-refractivity contribution < 1.29 is 0 Å². The summed E-state index contributed by atoms with van der Waals surface area (Å²) in [7, 11) is 2.19. The summed E-state index contributed by atoms with van der Waals surface area (Å²) in [4.78, 5) is 11.2. The van der Waals surface area contributed by atoms with Crippen LogP contribution in [0.4, 0.5) is 17.2 Å². The Morgan fingerprint density at radius 3 is 2.71 bits per heavy atom. The zero-order chi connectivity index (χ0) is 23.9. The van der Waals surface area contributed by atoms with E-state index in [2.05, 4.69) is 97.6 Å². The van der Waals surface area contributed by atoms with E-state index in [1.54, 1.807) is 18.1 Å². The first-order chi connectivity index (χ1) is 17.2. The van der Waals surface area contributed by atoms with Gasteiger partial charge in [-0.1, -0.05) is 18.1 Å². The Balaban J connectivity index is 1.15. The van der Waals surface area contributed by atoms with Gasteiger partial charge < -0.3 is 25.2 Å². The molecule has 0 amide bonds. The third kappa shape index (κ3) is 6.30. The first-order valence-corrected chi connectivity index (χ1v) is 12.8. The lowest BCUT2D eigenvalue weighted by molar-refractivity contribution is 0.264. The summed E-state index contributed by atoms with van der Waals surface area (Å²) < 4.78 is 3.24. The van der Waals surface area contributed by atoms with Crippen molar-refractivity contribution >= 4 is 40.0 Å². The number of benzene rings is 2. The molecule has 5 rings (SSSR count). The minimum atomic E-state index is 0.529. The Hall–Kier alpha value is -3.60. The van der Waals surface area contributed by atoms with E-state index in [0.717, 1.165) is 40.7 Å². The largest absolute Gasteiger partial charge is 0.382 e. The summed E-state index contributed by atoms with van der Waals surface area (Å²) in [6, 6.07) is 23.2. The van der Waals surface area contributed by atoms with Crippen molar-refractivity contribution in [2.45, 2.75) is 23.8 Å². The molecule has 1 fully saturated rings. The number of hydrogen-bond acceptors (Lipinski definition) is 6. The van der Waals surface area contributed by atoms with Crippen LogP contribution in [0.1, 0.15) is 18.5 Å². The number of aromatic amines is 1. The first-order valence-electron chi connectivity index (χ1n) is 12.0. The second-order valence-corrected chi connectivity index (χ2v) is 9.65. The lowest BCUT2D eigenvalue weighted by Gasteiger charge is -2.30. The van der Waals surface area contributed by atoms with Crippen LogP contribution >= 0.6 is 11.9 Å². The van der Waals surface area contributed by atoms with Gasteiger partial charge in [-0.2, -0.15) is 0 Å². The molecule has 1 saturated heterocycles. The fraction of sp³-hybridized carbons (Fsp3) is 0.250. The van der Waals surface area contributed by atoms with E-state index in [-0.39, 0.29) is 0 Å². The van der Waals surface area contributed by atoms with Crippen molar-refractivity contribution in [1.82, 2.24) is 14.9 Å². The number of nitrogens with zero attached hydrogens (tertiary/aromatic N) is 2. The lowest BCUT2D eigenvalue weighted by Crippen LogP contribution is -2.36. The number of hydrogen-bond donors (Lipinski definition) is 4. The van der Waals surface area contributed by atoms with Crippen molar-refractivity contribution in [2.24, 2.45) is 0 Å². The maximum absolute atomic E-state index is 4.27. The summed E-state index contributed by atoms with van der Waals surface area (Å²) in [5.74, 6) is 7.35. The molecular weight excluding hydrogens is 452 g/mol. The third-order valence-electron chi connectivity index (χ3n) is 6.14. The molecule has 0 bridgehead atoms. The molecule has 0 spiro atoms. The molecule has 178 valence electrons. The number of piperidine rings is 1. The van der Waals surface area contributed by atoms with Gasteiger partial charge in [0.1, 0.15) is 5.82 Å². The van der Waals surface area contributed by atoms with Gasteiger partial charge in [0.15, 0.2) is 0 Å². The van der Waals surface area contributed by atoms with Crippen LogP contribution in [0.5, 0.6) is 0 Å².